The SMILES string of the molecule is CC(C)(C)C1(CCCC(CC(=O)O)c2nc(CNC3CCCC3)no2)CCCCC1. The molecular weight excluding hydrogens is 378 g/mol. The van der Waals surface area contributed by atoms with E-state index in [1.54, 1.807) is 0 Å². The Kier molecular flexibility index (Phi) is 7.94. The van der Waals surface area contributed by atoms with Crippen LogP contribution in [0.1, 0.15) is 122 Å². The molecule has 6 heteroatoms. The second-order valence-electron chi connectivity index (χ2n) is 10.7. The molecule has 1 aromatic rings. The van der Waals surface area contributed by atoms with Gasteiger partial charge < -0.3 is 14.9 Å². The van der Waals surface area contributed by atoms with Gasteiger partial charge in [-0.2, -0.15) is 4.98 Å². The highest BCUT2D eigenvalue weighted by molar-refractivity contribution is 5.67. The maximum atomic E-state index is 11.5. The fourth-order valence-corrected chi connectivity index (χ4v) is 5.68. The minimum Gasteiger partial charge on any atom is -0.481 e. The third-order valence-corrected chi connectivity index (χ3v) is 7.77. The Morgan fingerprint density at radius 1 is 1.20 bits per heavy atom. The number of aliphatic carboxylic acids is 1. The average molecular weight is 420 g/mol. The van der Waals surface area contributed by atoms with Gasteiger partial charge in [0.25, 0.3) is 0 Å². The van der Waals surface area contributed by atoms with E-state index >= 15 is 0 Å². The molecule has 1 unspecified atom stereocenters. The fourth-order valence-electron chi connectivity index (χ4n) is 5.68. The molecule has 30 heavy (non-hydrogen) atoms. The molecule has 1 aromatic heterocycles. The van der Waals surface area contributed by atoms with Crippen molar-refractivity contribution in [3.8, 4) is 0 Å². The first-order valence-corrected chi connectivity index (χ1v) is 12.1. The Morgan fingerprint density at radius 2 is 1.90 bits per heavy atom. The lowest BCUT2D eigenvalue weighted by molar-refractivity contribution is -0.137. The van der Waals surface area contributed by atoms with Gasteiger partial charge in [-0.15, -0.1) is 0 Å². The van der Waals surface area contributed by atoms with Crippen LogP contribution in [0.4, 0.5) is 0 Å². The topological polar surface area (TPSA) is 88.2 Å². The molecule has 2 saturated carbocycles. The van der Waals surface area contributed by atoms with E-state index in [4.69, 9.17) is 4.52 Å². The Bertz CT molecular complexity index is 667. The first kappa shape index (κ1) is 23.2. The van der Waals surface area contributed by atoms with Crippen molar-refractivity contribution in [1.29, 1.82) is 0 Å². The molecule has 0 bridgehead atoms. The number of hydrogen-bond donors (Lipinski definition) is 2. The zero-order chi connectivity index (χ0) is 21.6. The minimum absolute atomic E-state index is 0.0558. The summed E-state index contributed by atoms with van der Waals surface area (Å²) in [4.78, 5) is 16.0. The lowest BCUT2D eigenvalue weighted by Crippen LogP contribution is -2.37. The van der Waals surface area contributed by atoms with Gasteiger partial charge in [-0.25, -0.2) is 0 Å². The van der Waals surface area contributed by atoms with Gasteiger partial charge in [0.1, 0.15) is 0 Å². The number of carbonyl (C=O) groups is 1. The molecule has 0 amide bonds. The smallest absolute Gasteiger partial charge is 0.304 e. The van der Waals surface area contributed by atoms with E-state index in [9.17, 15) is 9.90 Å². The monoisotopic (exact) mass is 419 g/mol. The summed E-state index contributed by atoms with van der Waals surface area (Å²) < 4.78 is 5.51. The van der Waals surface area contributed by atoms with Gasteiger partial charge in [-0.1, -0.05) is 64.5 Å². The summed E-state index contributed by atoms with van der Waals surface area (Å²) in [5.74, 6) is 0.141. The largest absolute Gasteiger partial charge is 0.481 e. The third-order valence-electron chi connectivity index (χ3n) is 7.77. The van der Waals surface area contributed by atoms with Gasteiger partial charge in [0, 0.05) is 12.0 Å². The van der Waals surface area contributed by atoms with Gasteiger partial charge in [0.05, 0.1) is 13.0 Å². The normalized spacial score (nSPS) is 21.0. The molecule has 2 aliphatic carbocycles. The number of nitrogens with zero attached hydrogens (tertiary/aromatic N) is 2. The van der Waals surface area contributed by atoms with Crippen LogP contribution < -0.4 is 5.32 Å². The lowest BCUT2D eigenvalue weighted by Gasteiger charge is -2.48. The van der Waals surface area contributed by atoms with E-state index in [2.05, 4.69) is 36.2 Å². The highest BCUT2D eigenvalue weighted by atomic mass is 16.5. The summed E-state index contributed by atoms with van der Waals surface area (Å²) in [5, 5.41) is 17.0. The third kappa shape index (κ3) is 6.05. The summed E-state index contributed by atoms with van der Waals surface area (Å²) in [5.41, 5.74) is 0.642. The molecule has 1 heterocycles. The van der Waals surface area contributed by atoms with Crippen molar-refractivity contribution in [2.75, 3.05) is 0 Å². The fraction of sp³-hybridized carbons (Fsp3) is 0.875. The molecule has 2 aliphatic rings. The van der Waals surface area contributed by atoms with Gasteiger partial charge in [0.2, 0.25) is 5.89 Å². The van der Waals surface area contributed by atoms with Crippen LogP contribution in [0.5, 0.6) is 0 Å². The molecular formula is C24H41N3O3. The number of aromatic nitrogens is 2. The molecule has 3 rings (SSSR count). The number of nitrogens with one attached hydrogen (secondary N) is 1. The first-order chi connectivity index (χ1) is 14.3. The van der Waals surface area contributed by atoms with Crippen LogP contribution in [0.3, 0.4) is 0 Å². The van der Waals surface area contributed by atoms with E-state index in [0.29, 0.717) is 29.7 Å². The Hall–Kier alpha value is -1.43. The summed E-state index contributed by atoms with van der Waals surface area (Å²) in [7, 11) is 0. The minimum atomic E-state index is -0.799. The molecule has 0 spiro atoms. The number of rotatable bonds is 10. The molecule has 0 radical (unpaired) electrons. The van der Waals surface area contributed by atoms with Crippen LogP contribution in [0, 0.1) is 10.8 Å². The summed E-state index contributed by atoms with van der Waals surface area (Å²) in [6, 6.07) is 0.547. The molecule has 0 saturated heterocycles. The highest BCUT2D eigenvalue weighted by Gasteiger charge is 2.42. The summed E-state index contributed by atoms with van der Waals surface area (Å²) >= 11 is 0. The Morgan fingerprint density at radius 3 is 2.53 bits per heavy atom. The van der Waals surface area contributed by atoms with E-state index in [-0.39, 0.29) is 17.8 Å². The molecule has 6 nitrogen and oxygen atoms in total. The number of carboxylic acids is 1. The van der Waals surface area contributed by atoms with Gasteiger partial charge in [-0.3, -0.25) is 4.79 Å². The van der Waals surface area contributed by atoms with E-state index in [1.807, 2.05) is 0 Å². The lowest BCUT2D eigenvalue weighted by atomic mass is 9.57. The van der Waals surface area contributed by atoms with Crippen molar-refractivity contribution in [2.24, 2.45) is 10.8 Å². The van der Waals surface area contributed by atoms with Crippen molar-refractivity contribution >= 4 is 5.97 Å². The van der Waals surface area contributed by atoms with Crippen LogP contribution in [0.15, 0.2) is 4.52 Å². The summed E-state index contributed by atoms with van der Waals surface area (Å²) in [6.07, 6.45) is 14.6. The van der Waals surface area contributed by atoms with Crippen LogP contribution in [0.25, 0.3) is 0 Å². The molecule has 2 N–H and O–H groups in total. The second kappa shape index (κ2) is 10.3. The van der Waals surface area contributed by atoms with E-state index in [1.165, 1.54) is 57.8 Å². The maximum Gasteiger partial charge on any atom is 0.304 e. The quantitative estimate of drug-likeness (QED) is 0.496. The Labute approximate surface area is 181 Å². The molecule has 170 valence electrons. The highest BCUT2D eigenvalue weighted by Crippen LogP contribution is 2.53. The van der Waals surface area contributed by atoms with Crippen molar-refractivity contribution in [3.05, 3.63) is 11.7 Å². The maximum absolute atomic E-state index is 11.5. The van der Waals surface area contributed by atoms with E-state index < -0.39 is 5.97 Å². The van der Waals surface area contributed by atoms with Crippen molar-refractivity contribution in [2.45, 2.75) is 123 Å². The van der Waals surface area contributed by atoms with Crippen LogP contribution in [-0.2, 0) is 11.3 Å². The van der Waals surface area contributed by atoms with Crippen molar-refractivity contribution in [1.82, 2.24) is 15.5 Å². The number of hydrogen-bond acceptors (Lipinski definition) is 5. The van der Waals surface area contributed by atoms with Crippen LogP contribution in [-0.4, -0.2) is 27.3 Å². The number of carboxylic acid groups (broad SMARTS) is 1. The van der Waals surface area contributed by atoms with Gasteiger partial charge in [-0.05, 0) is 49.4 Å². The predicted octanol–water partition coefficient (Wildman–Crippen LogP) is 5.83. The summed E-state index contributed by atoms with van der Waals surface area (Å²) in [6.45, 7) is 7.71. The molecule has 0 aliphatic heterocycles. The molecule has 1 atom stereocenters. The second-order valence-corrected chi connectivity index (χ2v) is 10.7. The molecule has 0 aromatic carbocycles. The average Bonchev–Trinajstić information content (AvgIpc) is 3.37. The molecule has 2 fully saturated rings. The van der Waals surface area contributed by atoms with Crippen LogP contribution >= 0.6 is 0 Å². The van der Waals surface area contributed by atoms with Crippen LogP contribution in [0.2, 0.25) is 0 Å². The standard InChI is InChI=1S/C24H41N3O3/c1-23(2,3)24(13-7-4-8-14-24)15-9-10-18(16-21(28)29)22-26-20(27-30-22)17-25-19-11-5-6-12-19/h18-19,25H,4-17H2,1-3H3,(H,28,29). The van der Waals surface area contributed by atoms with Gasteiger partial charge >= 0.3 is 5.97 Å². The van der Waals surface area contributed by atoms with E-state index in [0.717, 1.165) is 19.3 Å². The first-order valence-electron chi connectivity index (χ1n) is 12.1. The van der Waals surface area contributed by atoms with Crippen molar-refractivity contribution in [3.63, 3.8) is 0 Å². The van der Waals surface area contributed by atoms with Crippen molar-refractivity contribution < 1.29 is 14.4 Å². The predicted molar refractivity (Wildman–Crippen MR) is 117 cm³/mol. The van der Waals surface area contributed by atoms with Gasteiger partial charge in [0.15, 0.2) is 5.82 Å². The zero-order valence-corrected chi connectivity index (χ0v) is 19.2. The Balaban J connectivity index is 1.58. The zero-order valence-electron chi connectivity index (χ0n) is 19.2.